The number of sulfonamides is 1. The van der Waals surface area contributed by atoms with E-state index in [0.717, 1.165) is 37.2 Å². The van der Waals surface area contributed by atoms with Crippen molar-refractivity contribution in [2.75, 3.05) is 25.9 Å². The minimum Gasteiger partial charge on any atom is -0.284 e. The van der Waals surface area contributed by atoms with Gasteiger partial charge in [0.1, 0.15) is 5.82 Å². The molecule has 2 aromatic rings. The molecule has 0 aliphatic carbocycles. The average Bonchev–Trinajstić information content (AvgIpc) is 3.11. The van der Waals surface area contributed by atoms with Gasteiger partial charge in [-0.2, -0.15) is 5.10 Å². The molecule has 142 valence electrons. The van der Waals surface area contributed by atoms with E-state index in [1.807, 2.05) is 16.9 Å². The molecule has 0 radical (unpaired) electrons. The minimum atomic E-state index is -3.13. The molecule has 2 heterocycles. The Balaban J connectivity index is 1.56. The van der Waals surface area contributed by atoms with Crippen molar-refractivity contribution in [2.24, 2.45) is 0 Å². The maximum Gasteiger partial charge on any atom is 0.213 e. The zero-order valence-corrected chi connectivity index (χ0v) is 16.0. The van der Waals surface area contributed by atoms with Gasteiger partial charge in [-0.3, -0.25) is 9.58 Å². The number of hydrogen-bond acceptors (Lipinski definition) is 4. The summed E-state index contributed by atoms with van der Waals surface area (Å²) in [4.78, 5) is 2.27. The number of piperidine rings is 1. The summed E-state index contributed by atoms with van der Waals surface area (Å²) in [5.74, 6) is -0.116. The summed E-state index contributed by atoms with van der Waals surface area (Å²) in [5.41, 5.74) is 1.70. The second-order valence-electron chi connectivity index (χ2n) is 6.65. The van der Waals surface area contributed by atoms with Crippen LogP contribution in [0.15, 0.2) is 36.5 Å². The highest BCUT2D eigenvalue weighted by Gasteiger charge is 2.28. The molecular formula is C18H25FN4O2S. The predicted molar refractivity (Wildman–Crippen MR) is 99.4 cm³/mol. The van der Waals surface area contributed by atoms with Crippen LogP contribution in [-0.4, -0.2) is 59.3 Å². The van der Waals surface area contributed by atoms with Crippen molar-refractivity contribution in [3.05, 3.63) is 42.3 Å². The molecule has 6 nitrogen and oxygen atoms in total. The molecule has 1 fully saturated rings. The van der Waals surface area contributed by atoms with Gasteiger partial charge in [0.25, 0.3) is 0 Å². The van der Waals surface area contributed by atoms with Crippen LogP contribution in [-0.2, 0) is 16.7 Å². The number of nitrogens with zero attached hydrogens (tertiary/aromatic N) is 4. The Morgan fingerprint density at radius 1 is 1.19 bits per heavy atom. The summed E-state index contributed by atoms with van der Waals surface area (Å²) in [6.07, 6.45) is 3.56. The molecule has 1 aliphatic rings. The van der Waals surface area contributed by atoms with E-state index < -0.39 is 10.0 Å². The first-order valence-electron chi connectivity index (χ1n) is 8.86. The molecule has 0 unspecified atom stereocenters. The first-order chi connectivity index (χ1) is 12.4. The van der Waals surface area contributed by atoms with Crippen molar-refractivity contribution in [1.82, 2.24) is 19.0 Å². The van der Waals surface area contributed by atoms with Crippen molar-refractivity contribution in [3.8, 4) is 11.3 Å². The maximum absolute atomic E-state index is 13.0. The van der Waals surface area contributed by atoms with Gasteiger partial charge >= 0.3 is 0 Å². The highest BCUT2D eigenvalue weighted by atomic mass is 32.2. The number of likely N-dealkylation sites (tertiary alicyclic amines) is 1. The molecule has 0 saturated carbocycles. The lowest BCUT2D eigenvalue weighted by atomic mass is 10.1. The van der Waals surface area contributed by atoms with Crippen LogP contribution in [0.4, 0.5) is 4.39 Å². The van der Waals surface area contributed by atoms with E-state index in [2.05, 4.69) is 10.00 Å². The van der Waals surface area contributed by atoms with Crippen LogP contribution in [0.2, 0.25) is 0 Å². The van der Waals surface area contributed by atoms with Crippen LogP contribution in [0, 0.1) is 5.82 Å². The quantitative estimate of drug-likeness (QED) is 0.772. The summed E-state index contributed by atoms with van der Waals surface area (Å²) in [6.45, 7) is 4.01. The average molecular weight is 380 g/mol. The Labute approximate surface area is 154 Å². The third kappa shape index (κ3) is 4.31. The number of aromatic nitrogens is 2. The van der Waals surface area contributed by atoms with Gasteiger partial charge < -0.3 is 0 Å². The molecule has 0 bridgehead atoms. The fourth-order valence-electron chi connectivity index (χ4n) is 3.28. The smallest absolute Gasteiger partial charge is 0.213 e. The first kappa shape index (κ1) is 19.0. The Bertz CT molecular complexity index is 827. The van der Waals surface area contributed by atoms with Gasteiger partial charge in [0.05, 0.1) is 18.1 Å². The van der Waals surface area contributed by atoms with Gasteiger partial charge in [0.2, 0.25) is 10.0 Å². The summed E-state index contributed by atoms with van der Waals surface area (Å²) < 4.78 is 40.4. The molecule has 1 aliphatic heterocycles. The third-order valence-corrected chi connectivity index (χ3v) is 6.91. The van der Waals surface area contributed by atoms with E-state index in [-0.39, 0.29) is 17.6 Å². The fourth-order valence-corrected chi connectivity index (χ4v) is 4.35. The van der Waals surface area contributed by atoms with Crippen LogP contribution in [0.25, 0.3) is 11.3 Å². The fraction of sp³-hybridized carbons (Fsp3) is 0.500. The largest absolute Gasteiger partial charge is 0.284 e. The Morgan fingerprint density at radius 3 is 2.46 bits per heavy atom. The van der Waals surface area contributed by atoms with Crippen molar-refractivity contribution >= 4 is 10.0 Å². The third-order valence-electron chi connectivity index (χ3n) is 5.00. The second kappa shape index (κ2) is 7.85. The zero-order valence-electron chi connectivity index (χ0n) is 15.2. The lowest BCUT2D eigenvalue weighted by Gasteiger charge is -2.35. The molecule has 0 atom stereocenters. The molecule has 0 spiro atoms. The molecule has 0 N–H and O–H groups in total. The molecule has 8 heteroatoms. The van der Waals surface area contributed by atoms with Crippen molar-refractivity contribution in [1.29, 1.82) is 0 Å². The topological polar surface area (TPSA) is 58.4 Å². The lowest BCUT2D eigenvalue weighted by molar-refractivity contribution is 0.133. The maximum atomic E-state index is 13.0. The van der Waals surface area contributed by atoms with E-state index in [1.165, 1.54) is 16.4 Å². The van der Waals surface area contributed by atoms with Crippen LogP contribution in [0.3, 0.4) is 0 Å². The van der Waals surface area contributed by atoms with Gasteiger partial charge in [-0.15, -0.1) is 0 Å². The van der Waals surface area contributed by atoms with E-state index in [0.29, 0.717) is 6.67 Å². The van der Waals surface area contributed by atoms with Crippen molar-refractivity contribution in [2.45, 2.75) is 32.5 Å². The molecule has 1 saturated heterocycles. The second-order valence-corrected chi connectivity index (χ2v) is 8.97. The summed E-state index contributed by atoms with van der Waals surface area (Å²) in [6, 6.07) is 8.29. The van der Waals surface area contributed by atoms with Gasteiger partial charge in [0.15, 0.2) is 0 Å². The SMILES string of the molecule is CCS(=O)(=O)N(C)C1CCN(Cn2ccc(-c3ccc(F)cc3)n2)CC1. The van der Waals surface area contributed by atoms with Gasteiger partial charge in [-0.05, 0) is 50.1 Å². The molecule has 1 aromatic heterocycles. The Kier molecular flexibility index (Phi) is 5.74. The van der Waals surface area contributed by atoms with E-state index in [9.17, 15) is 12.8 Å². The number of rotatable bonds is 6. The summed E-state index contributed by atoms with van der Waals surface area (Å²) in [5, 5.41) is 4.56. The van der Waals surface area contributed by atoms with Crippen molar-refractivity contribution < 1.29 is 12.8 Å². The summed E-state index contributed by atoms with van der Waals surface area (Å²) >= 11 is 0. The Morgan fingerprint density at radius 2 is 1.85 bits per heavy atom. The first-order valence-corrected chi connectivity index (χ1v) is 10.5. The number of halogens is 1. The van der Waals surface area contributed by atoms with Gasteiger partial charge in [-0.1, -0.05) is 0 Å². The molecule has 0 amide bonds. The van der Waals surface area contributed by atoms with E-state index in [4.69, 9.17) is 0 Å². The molecule has 26 heavy (non-hydrogen) atoms. The molecule has 1 aromatic carbocycles. The zero-order chi connectivity index (χ0) is 18.7. The normalized spacial score (nSPS) is 17.1. The Hall–Kier alpha value is -1.77. The van der Waals surface area contributed by atoms with Crippen LogP contribution in [0.1, 0.15) is 19.8 Å². The van der Waals surface area contributed by atoms with E-state index in [1.54, 1.807) is 26.1 Å². The van der Waals surface area contributed by atoms with Gasteiger partial charge in [0, 0.05) is 37.9 Å². The van der Waals surface area contributed by atoms with Crippen LogP contribution < -0.4 is 0 Å². The van der Waals surface area contributed by atoms with Crippen LogP contribution in [0.5, 0.6) is 0 Å². The highest BCUT2D eigenvalue weighted by molar-refractivity contribution is 7.89. The highest BCUT2D eigenvalue weighted by Crippen LogP contribution is 2.20. The summed E-state index contributed by atoms with van der Waals surface area (Å²) in [7, 11) is -1.45. The van der Waals surface area contributed by atoms with Crippen molar-refractivity contribution in [3.63, 3.8) is 0 Å². The monoisotopic (exact) mass is 380 g/mol. The molecule has 3 rings (SSSR count). The van der Waals surface area contributed by atoms with Gasteiger partial charge in [-0.25, -0.2) is 17.1 Å². The van der Waals surface area contributed by atoms with Crippen LogP contribution >= 0.6 is 0 Å². The number of hydrogen-bond donors (Lipinski definition) is 0. The minimum absolute atomic E-state index is 0.0728. The van der Waals surface area contributed by atoms with E-state index >= 15 is 0 Å². The lowest BCUT2D eigenvalue weighted by Crippen LogP contribution is -2.46. The number of benzene rings is 1. The predicted octanol–water partition coefficient (Wildman–Crippen LogP) is 2.39. The molecular weight excluding hydrogens is 355 g/mol. The standard InChI is InChI=1S/C18H25FN4O2S/c1-3-26(24,25)21(2)17-8-11-22(12-9-17)14-23-13-10-18(20-23)15-4-6-16(19)7-5-15/h4-7,10,13,17H,3,8-9,11-12,14H2,1-2H3.